The molecular weight excluding hydrogens is 1400 g/mol. The average Bonchev–Trinajstić information content (AvgIpc) is 0.898. The van der Waals surface area contributed by atoms with Crippen LogP contribution in [0.2, 0.25) is 0 Å². The molecule has 0 aromatic rings. The lowest BCUT2D eigenvalue weighted by Crippen LogP contribution is -2.30. The molecule has 0 fully saturated rings. The van der Waals surface area contributed by atoms with Crippen molar-refractivity contribution < 1.29 is 80.2 Å². The van der Waals surface area contributed by atoms with Crippen LogP contribution >= 0.6 is 15.6 Å². The Morgan fingerprint density at radius 2 is 0.472 bits per heavy atom. The first-order valence-corrected chi connectivity index (χ1v) is 49.0. The third-order valence-corrected chi connectivity index (χ3v) is 23.2. The van der Waals surface area contributed by atoms with Crippen molar-refractivity contribution in [2.45, 2.75) is 496 Å². The van der Waals surface area contributed by atoms with E-state index in [1.54, 1.807) is 0 Å². The highest BCUT2D eigenvalue weighted by Crippen LogP contribution is 2.45. The number of esters is 4. The summed E-state index contributed by atoms with van der Waals surface area (Å²) in [6.07, 6.45) is 73.6. The predicted octanol–water partition coefficient (Wildman–Crippen LogP) is 27.4. The minimum atomic E-state index is -4.97. The normalized spacial score (nSPS) is 14.0. The van der Waals surface area contributed by atoms with Gasteiger partial charge in [0, 0.05) is 25.7 Å². The summed E-state index contributed by atoms with van der Waals surface area (Å²) in [5, 5.41) is 10.7. The van der Waals surface area contributed by atoms with Gasteiger partial charge in [0.05, 0.1) is 26.4 Å². The standard InChI is InChI=1S/C89H174O17P2/c1-7-10-12-14-16-18-20-22-24-26-28-29-31-35-40-44-48-56-62-68-73-88(93)105-84(77-99-86(91)71-65-59-53-46-42-38-36-32-33-37-41-45-51-57-63-69-81(4)5)79-103-107(95,96)101-75-83(90)76-102-108(97,98)104-80-85(78-100-87(92)72-66-60-54-50-49-52-58-64-70-82(6)9-3)106-89(94)74-67-61-55-47-43-39-34-30-27-25-23-21-19-17-15-13-11-8-2/h81-85,90H,7-80H2,1-6H3,(H,95,96)(H,97,98)/t82?,83-,84-,85-/m1/s1. The number of carbonyl (C=O) groups is 4. The van der Waals surface area contributed by atoms with Crippen molar-refractivity contribution in [1.82, 2.24) is 0 Å². The molecule has 3 unspecified atom stereocenters. The first-order valence-electron chi connectivity index (χ1n) is 46.0. The lowest BCUT2D eigenvalue weighted by atomic mass is 9.99. The Morgan fingerprint density at radius 1 is 0.269 bits per heavy atom. The van der Waals surface area contributed by atoms with Crippen LogP contribution in [0, 0.1) is 11.8 Å². The second-order valence-electron chi connectivity index (χ2n) is 32.7. The fraction of sp³-hybridized carbons (Fsp3) is 0.955. The van der Waals surface area contributed by atoms with Crippen molar-refractivity contribution >= 4 is 39.5 Å². The van der Waals surface area contributed by atoms with Crippen molar-refractivity contribution in [3.63, 3.8) is 0 Å². The van der Waals surface area contributed by atoms with Gasteiger partial charge in [0.25, 0.3) is 0 Å². The molecular formula is C89H174O17P2. The van der Waals surface area contributed by atoms with Crippen LogP contribution in [0.3, 0.4) is 0 Å². The topological polar surface area (TPSA) is 237 Å². The molecule has 0 bridgehead atoms. The van der Waals surface area contributed by atoms with Gasteiger partial charge in [-0.05, 0) is 37.5 Å². The highest BCUT2D eigenvalue weighted by molar-refractivity contribution is 7.47. The van der Waals surface area contributed by atoms with Crippen LogP contribution in [0.15, 0.2) is 0 Å². The molecule has 19 heteroatoms. The smallest absolute Gasteiger partial charge is 0.462 e. The molecule has 108 heavy (non-hydrogen) atoms. The molecule has 17 nitrogen and oxygen atoms in total. The Morgan fingerprint density at radius 3 is 0.704 bits per heavy atom. The number of phosphoric ester groups is 2. The summed E-state index contributed by atoms with van der Waals surface area (Å²) in [7, 11) is -9.93. The Labute approximate surface area is 664 Å². The highest BCUT2D eigenvalue weighted by atomic mass is 31.2. The van der Waals surface area contributed by atoms with E-state index in [0.29, 0.717) is 25.7 Å². The maximum Gasteiger partial charge on any atom is 0.472 e. The second kappa shape index (κ2) is 80.3. The van der Waals surface area contributed by atoms with Gasteiger partial charge in [0.15, 0.2) is 12.2 Å². The third-order valence-electron chi connectivity index (χ3n) is 21.3. The van der Waals surface area contributed by atoms with Crippen molar-refractivity contribution in [1.29, 1.82) is 0 Å². The fourth-order valence-corrected chi connectivity index (χ4v) is 15.5. The monoisotopic (exact) mass is 1580 g/mol. The summed E-state index contributed by atoms with van der Waals surface area (Å²) in [4.78, 5) is 73.4. The molecule has 0 aliphatic carbocycles. The van der Waals surface area contributed by atoms with E-state index in [1.807, 2.05) is 0 Å². The molecule has 0 radical (unpaired) electrons. The van der Waals surface area contributed by atoms with E-state index in [2.05, 4.69) is 41.5 Å². The molecule has 6 atom stereocenters. The molecule has 0 aliphatic heterocycles. The second-order valence-corrected chi connectivity index (χ2v) is 35.6. The van der Waals surface area contributed by atoms with E-state index >= 15 is 0 Å². The number of ether oxygens (including phenoxy) is 4. The van der Waals surface area contributed by atoms with Gasteiger partial charge in [-0.15, -0.1) is 0 Å². The van der Waals surface area contributed by atoms with Gasteiger partial charge < -0.3 is 33.8 Å². The number of phosphoric acid groups is 2. The molecule has 0 heterocycles. The van der Waals surface area contributed by atoms with Crippen LogP contribution in [0.1, 0.15) is 478 Å². The lowest BCUT2D eigenvalue weighted by Gasteiger charge is -2.21. The summed E-state index contributed by atoms with van der Waals surface area (Å²) in [5.74, 6) is -0.514. The van der Waals surface area contributed by atoms with Crippen LogP contribution in [0.4, 0.5) is 0 Å². The molecule has 0 aliphatic rings. The van der Waals surface area contributed by atoms with E-state index in [4.69, 9.17) is 37.0 Å². The van der Waals surface area contributed by atoms with Gasteiger partial charge in [-0.2, -0.15) is 0 Å². The van der Waals surface area contributed by atoms with E-state index in [1.165, 1.54) is 295 Å². The van der Waals surface area contributed by atoms with Gasteiger partial charge in [-0.1, -0.05) is 427 Å². The van der Waals surface area contributed by atoms with E-state index in [-0.39, 0.29) is 25.7 Å². The van der Waals surface area contributed by atoms with E-state index in [9.17, 15) is 43.2 Å². The molecule has 0 saturated heterocycles. The molecule has 0 saturated carbocycles. The van der Waals surface area contributed by atoms with Gasteiger partial charge in [-0.3, -0.25) is 37.3 Å². The Kier molecular flexibility index (Phi) is 78.8. The van der Waals surface area contributed by atoms with Crippen LogP contribution < -0.4 is 0 Å². The van der Waals surface area contributed by atoms with Crippen molar-refractivity contribution in [2.75, 3.05) is 39.6 Å². The highest BCUT2D eigenvalue weighted by Gasteiger charge is 2.31. The SMILES string of the molecule is CCCCCCCCCCCCCCCCCCCCCCC(=O)O[C@H](COC(=O)CCCCCCCCCCCCCCCCCC(C)C)COP(=O)(O)OC[C@@H](O)COP(=O)(O)OC[C@@H](COC(=O)CCCCCCCCCCC(C)CC)OC(=O)CCCCCCCCCCCCCCCCCCCC. The molecule has 0 spiro atoms. The van der Waals surface area contributed by atoms with Crippen molar-refractivity contribution in [3.8, 4) is 0 Å². The van der Waals surface area contributed by atoms with Gasteiger partial charge in [0.2, 0.25) is 0 Å². The third kappa shape index (κ3) is 80.7. The van der Waals surface area contributed by atoms with Crippen LogP contribution in [0.25, 0.3) is 0 Å². The molecule has 0 amide bonds. The number of carbonyl (C=O) groups excluding carboxylic acids is 4. The Hall–Kier alpha value is -1.94. The molecule has 0 aromatic carbocycles. The van der Waals surface area contributed by atoms with Gasteiger partial charge >= 0.3 is 39.5 Å². The number of aliphatic hydroxyl groups is 1. The Balaban J connectivity index is 5.26. The average molecular weight is 1580 g/mol. The lowest BCUT2D eigenvalue weighted by molar-refractivity contribution is -0.161. The zero-order chi connectivity index (χ0) is 79.2. The number of aliphatic hydroxyl groups excluding tert-OH is 1. The van der Waals surface area contributed by atoms with Crippen LogP contribution in [-0.2, 0) is 65.4 Å². The first-order chi connectivity index (χ1) is 52.4. The van der Waals surface area contributed by atoms with Gasteiger partial charge in [-0.25, -0.2) is 9.13 Å². The quantitative estimate of drug-likeness (QED) is 0.0222. The molecule has 642 valence electrons. The summed E-state index contributed by atoms with van der Waals surface area (Å²) >= 11 is 0. The Bertz CT molecular complexity index is 2070. The number of rotatable bonds is 88. The summed E-state index contributed by atoms with van der Waals surface area (Å²) in [6, 6.07) is 0. The van der Waals surface area contributed by atoms with Crippen LogP contribution in [0.5, 0.6) is 0 Å². The van der Waals surface area contributed by atoms with Gasteiger partial charge in [0.1, 0.15) is 19.3 Å². The zero-order valence-electron chi connectivity index (χ0n) is 71.2. The van der Waals surface area contributed by atoms with Crippen LogP contribution in [-0.4, -0.2) is 96.7 Å². The maximum atomic E-state index is 13.2. The summed E-state index contributed by atoms with van der Waals surface area (Å²) < 4.78 is 69.0. The fourth-order valence-electron chi connectivity index (χ4n) is 13.9. The predicted molar refractivity (Wildman–Crippen MR) is 446 cm³/mol. The zero-order valence-corrected chi connectivity index (χ0v) is 73.0. The van der Waals surface area contributed by atoms with Crippen molar-refractivity contribution in [3.05, 3.63) is 0 Å². The molecule has 3 N–H and O–H groups in total. The summed E-state index contributed by atoms with van der Waals surface area (Å²) in [5.41, 5.74) is 0. The first kappa shape index (κ1) is 106. The minimum Gasteiger partial charge on any atom is -0.462 e. The largest absolute Gasteiger partial charge is 0.472 e. The van der Waals surface area contributed by atoms with Crippen molar-refractivity contribution in [2.24, 2.45) is 11.8 Å². The maximum absolute atomic E-state index is 13.2. The molecule has 0 aromatic heterocycles. The summed E-state index contributed by atoms with van der Waals surface area (Å²) in [6.45, 7) is 9.73. The van der Waals surface area contributed by atoms with E-state index in [0.717, 1.165) is 102 Å². The van der Waals surface area contributed by atoms with E-state index < -0.39 is 97.5 Å². The molecule has 0 rings (SSSR count). The number of hydrogen-bond acceptors (Lipinski definition) is 15. The number of hydrogen-bond donors (Lipinski definition) is 3. The number of unbranched alkanes of at least 4 members (excludes halogenated alkanes) is 57. The minimum absolute atomic E-state index is 0.108.